The SMILES string of the molecule is Nc1nc2n(c1C(=O)NCC(=O)[O-])CCC2. The van der Waals surface area contributed by atoms with Crippen molar-refractivity contribution in [3.8, 4) is 0 Å². The molecule has 1 aliphatic heterocycles. The molecule has 0 atom stereocenters. The van der Waals surface area contributed by atoms with Gasteiger partial charge in [0.2, 0.25) is 0 Å². The molecule has 0 radical (unpaired) electrons. The van der Waals surface area contributed by atoms with Crippen LogP contribution in [0.2, 0.25) is 0 Å². The van der Waals surface area contributed by atoms with Crippen LogP contribution in [0.15, 0.2) is 0 Å². The predicted octanol–water partition coefficient (Wildman–Crippen LogP) is -2.11. The van der Waals surface area contributed by atoms with Gasteiger partial charge < -0.3 is 25.5 Å². The average molecular weight is 223 g/mol. The summed E-state index contributed by atoms with van der Waals surface area (Å²) in [4.78, 5) is 25.9. The number of amides is 1. The van der Waals surface area contributed by atoms with Crippen LogP contribution in [0.4, 0.5) is 5.82 Å². The zero-order valence-corrected chi connectivity index (χ0v) is 8.52. The summed E-state index contributed by atoms with van der Waals surface area (Å²) in [6, 6.07) is 0. The number of imidazole rings is 1. The van der Waals surface area contributed by atoms with E-state index in [0.717, 1.165) is 18.7 Å². The van der Waals surface area contributed by atoms with Crippen molar-refractivity contribution in [1.29, 1.82) is 0 Å². The highest BCUT2D eigenvalue weighted by molar-refractivity contribution is 5.98. The standard InChI is InChI=1S/C9H12N4O3/c10-8-7(9(16)11-4-6(14)15)13-3-1-2-5(13)12-8/h1-4,10H2,(H,11,16)(H,14,15)/p-1. The molecular weight excluding hydrogens is 212 g/mol. The summed E-state index contributed by atoms with van der Waals surface area (Å²) in [6.07, 6.45) is 1.71. The van der Waals surface area contributed by atoms with E-state index < -0.39 is 18.4 Å². The third-order valence-electron chi connectivity index (χ3n) is 2.46. The number of nitrogens with two attached hydrogens (primary N) is 1. The molecule has 0 aromatic carbocycles. The second kappa shape index (κ2) is 3.84. The third kappa shape index (κ3) is 1.71. The van der Waals surface area contributed by atoms with E-state index in [0.29, 0.717) is 6.54 Å². The summed E-state index contributed by atoms with van der Waals surface area (Å²) < 4.78 is 1.72. The van der Waals surface area contributed by atoms with E-state index in [-0.39, 0.29) is 11.5 Å². The fourth-order valence-corrected chi connectivity index (χ4v) is 1.82. The van der Waals surface area contributed by atoms with Gasteiger partial charge in [0.15, 0.2) is 11.5 Å². The Hall–Kier alpha value is -2.05. The van der Waals surface area contributed by atoms with Gasteiger partial charge in [-0.15, -0.1) is 0 Å². The molecule has 0 aliphatic carbocycles. The van der Waals surface area contributed by atoms with Crippen LogP contribution in [0.3, 0.4) is 0 Å². The van der Waals surface area contributed by atoms with E-state index in [2.05, 4.69) is 10.3 Å². The first kappa shape index (κ1) is 10.5. The molecule has 86 valence electrons. The zero-order chi connectivity index (χ0) is 11.7. The van der Waals surface area contributed by atoms with Gasteiger partial charge in [0, 0.05) is 13.0 Å². The van der Waals surface area contributed by atoms with Crippen LogP contribution < -0.4 is 16.2 Å². The summed E-state index contributed by atoms with van der Waals surface area (Å²) in [7, 11) is 0. The lowest BCUT2D eigenvalue weighted by Gasteiger charge is -2.07. The number of hydrogen-bond donors (Lipinski definition) is 2. The molecule has 1 aromatic heterocycles. The summed E-state index contributed by atoms with van der Waals surface area (Å²) in [5.74, 6) is -0.947. The van der Waals surface area contributed by atoms with Crippen LogP contribution in [0.25, 0.3) is 0 Å². The number of anilines is 1. The average Bonchev–Trinajstić information content (AvgIpc) is 2.73. The lowest BCUT2D eigenvalue weighted by molar-refractivity contribution is -0.303. The zero-order valence-electron chi connectivity index (χ0n) is 8.52. The Kier molecular flexibility index (Phi) is 2.51. The van der Waals surface area contributed by atoms with Gasteiger partial charge in [0.05, 0.1) is 12.5 Å². The number of fused-ring (bicyclic) bond motifs is 1. The van der Waals surface area contributed by atoms with Gasteiger partial charge in [-0.05, 0) is 6.42 Å². The van der Waals surface area contributed by atoms with Crippen LogP contribution in [0, 0.1) is 0 Å². The van der Waals surface area contributed by atoms with Crippen LogP contribution in [0.1, 0.15) is 22.7 Å². The number of nitrogen functional groups attached to an aromatic ring is 1. The van der Waals surface area contributed by atoms with Crippen molar-refractivity contribution in [3.63, 3.8) is 0 Å². The first-order chi connectivity index (χ1) is 7.59. The van der Waals surface area contributed by atoms with Crippen molar-refractivity contribution in [3.05, 3.63) is 11.5 Å². The molecule has 7 heteroatoms. The Balaban J connectivity index is 2.20. The fourth-order valence-electron chi connectivity index (χ4n) is 1.82. The quantitative estimate of drug-likeness (QED) is 0.609. The molecule has 0 saturated carbocycles. The van der Waals surface area contributed by atoms with Crippen molar-refractivity contribution >= 4 is 17.7 Å². The lowest BCUT2D eigenvalue weighted by atomic mass is 10.3. The summed E-state index contributed by atoms with van der Waals surface area (Å²) in [6.45, 7) is 0.159. The lowest BCUT2D eigenvalue weighted by Crippen LogP contribution is -2.38. The molecule has 0 saturated heterocycles. The predicted molar refractivity (Wildman–Crippen MR) is 52.3 cm³/mol. The van der Waals surface area contributed by atoms with Gasteiger partial charge in [-0.2, -0.15) is 0 Å². The highest BCUT2D eigenvalue weighted by Crippen LogP contribution is 2.21. The van der Waals surface area contributed by atoms with E-state index >= 15 is 0 Å². The molecule has 3 N–H and O–H groups in total. The minimum atomic E-state index is -1.34. The van der Waals surface area contributed by atoms with Crippen LogP contribution in [-0.2, 0) is 17.8 Å². The largest absolute Gasteiger partial charge is 0.548 e. The third-order valence-corrected chi connectivity index (χ3v) is 2.46. The molecule has 7 nitrogen and oxygen atoms in total. The van der Waals surface area contributed by atoms with Crippen molar-refractivity contribution in [1.82, 2.24) is 14.9 Å². The van der Waals surface area contributed by atoms with E-state index in [1.165, 1.54) is 0 Å². The van der Waals surface area contributed by atoms with Crippen molar-refractivity contribution < 1.29 is 14.7 Å². The maximum atomic E-state index is 11.6. The number of aryl methyl sites for hydroxylation is 1. The van der Waals surface area contributed by atoms with Crippen LogP contribution in [0.5, 0.6) is 0 Å². The number of aromatic nitrogens is 2. The summed E-state index contributed by atoms with van der Waals surface area (Å²) in [5, 5.41) is 12.4. The van der Waals surface area contributed by atoms with Gasteiger partial charge in [-0.25, -0.2) is 4.98 Å². The number of rotatable bonds is 3. The van der Waals surface area contributed by atoms with Crippen molar-refractivity contribution in [2.75, 3.05) is 12.3 Å². The van der Waals surface area contributed by atoms with E-state index in [1.54, 1.807) is 4.57 Å². The second-order valence-electron chi connectivity index (χ2n) is 3.57. The smallest absolute Gasteiger partial charge is 0.272 e. The molecule has 1 amide bonds. The topological polar surface area (TPSA) is 113 Å². The van der Waals surface area contributed by atoms with Crippen molar-refractivity contribution in [2.24, 2.45) is 0 Å². The van der Waals surface area contributed by atoms with Gasteiger partial charge in [-0.3, -0.25) is 4.79 Å². The number of nitrogens with zero attached hydrogens (tertiary/aromatic N) is 2. The number of carboxylic acids is 1. The van der Waals surface area contributed by atoms with E-state index in [4.69, 9.17) is 5.73 Å². The van der Waals surface area contributed by atoms with Gasteiger partial charge in [0.25, 0.3) is 5.91 Å². The Morgan fingerprint density at radius 3 is 3.00 bits per heavy atom. The molecule has 1 aromatic rings. The molecule has 2 rings (SSSR count). The minimum absolute atomic E-state index is 0.144. The van der Waals surface area contributed by atoms with Crippen LogP contribution in [-0.4, -0.2) is 28.0 Å². The molecule has 0 fully saturated rings. The van der Waals surface area contributed by atoms with Gasteiger partial charge in [0.1, 0.15) is 5.82 Å². The molecule has 2 heterocycles. The molecule has 1 aliphatic rings. The number of aliphatic carboxylic acids is 1. The Labute approximate surface area is 91.3 Å². The molecule has 0 spiro atoms. The van der Waals surface area contributed by atoms with Gasteiger partial charge in [-0.1, -0.05) is 0 Å². The van der Waals surface area contributed by atoms with Crippen LogP contribution >= 0.6 is 0 Å². The van der Waals surface area contributed by atoms with E-state index in [1.807, 2.05) is 0 Å². The number of carbonyl (C=O) groups excluding carboxylic acids is 2. The fraction of sp³-hybridized carbons (Fsp3) is 0.444. The first-order valence-electron chi connectivity index (χ1n) is 4.92. The number of hydrogen-bond acceptors (Lipinski definition) is 5. The Bertz CT molecular complexity index is 452. The second-order valence-corrected chi connectivity index (χ2v) is 3.57. The maximum Gasteiger partial charge on any atom is 0.272 e. The number of carbonyl (C=O) groups is 2. The molecular formula is C9H11N4O3-. The minimum Gasteiger partial charge on any atom is -0.548 e. The normalized spacial score (nSPS) is 13.5. The Morgan fingerprint density at radius 1 is 1.56 bits per heavy atom. The Morgan fingerprint density at radius 2 is 2.31 bits per heavy atom. The summed E-state index contributed by atoms with van der Waals surface area (Å²) >= 11 is 0. The highest BCUT2D eigenvalue weighted by atomic mass is 16.4. The first-order valence-corrected chi connectivity index (χ1v) is 4.92. The van der Waals surface area contributed by atoms with Crippen molar-refractivity contribution in [2.45, 2.75) is 19.4 Å². The molecule has 0 unspecified atom stereocenters. The van der Waals surface area contributed by atoms with E-state index in [9.17, 15) is 14.7 Å². The number of nitrogens with one attached hydrogen (secondary N) is 1. The maximum absolute atomic E-state index is 11.6. The summed E-state index contributed by atoms with van der Waals surface area (Å²) in [5.41, 5.74) is 5.85. The monoisotopic (exact) mass is 223 g/mol. The number of carboxylic acid groups (broad SMARTS) is 1. The highest BCUT2D eigenvalue weighted by Gasteiger charge is 2.23. The molecule has 16 heavy (non-hydrogen) atoms. The van der Waals surface area contributed by atoms with Gasteiger partial charge >= 0.3 is 0 Å². The molecule has 0 bridgehead atoms.